The van der Waals surface area contributed by atoms with E-state index >= 15 is 0 Å². The van der Waals surface area contributed by atoms with Crippen LogP contribution in [-0.4, -0.2) is 105 Å². The number of carbonyl (C=O) groups excluding carboxylic acids is 4. The molecule has 3 aromatic rings. The Morgan fingerprint density at radius 3 is 1.46 bits per heavy atom. The third kappa shape index (κ3) is 12.9. The van der Waals surface area contributed by atoms with Gasteiger partial charge in [0.25, 0.3) is 0 Å². The number of hydrogen-bond acceptors (Lipinski definition) is 14. The van der Waals surface area contributed by atoms with Gasteiger partial charge in [-0.3, -0.25) is 19.2 Å². The van der Waals surface area contributed by atoms with E-state index in [-0.39, 0.29) is 33.0 Å². The van der Waals surface area contributed by atoms with Gasteiger partial charge in [0.2, 0.25) is 5.91 Å². The average molecular weight is 794 g/mol. The summed E-state index contributed by atoms with van der Waals surface area (Å²) < 4.78 is 61.4. The highest BCUT2D eigenvalue weighted by atomic mass is 16.7. The van der Waals surface area contributed by atoms with Crippen LogP contribution in [0.2, 0.25) is 0 Å². The number of esters is 3. The van der Waals surface area contributed by atoms with Gasteiger partial charge < -0.3 is 52.7 Å². The predicted octanol–water partition coefficient (Wildman–Crippen LogP) is 3.79. The SMILES string of the molecule is CO[C@H]1O[C@H](CO[C@@H]2O[C@H](COC(C)=O)[C@@H](OC(C)=O)[C@H](OC(C)=O)[C@H]2NC(C)=O)[C@@H](OCc2ccccc2)[C@H](OCc2ccccc2)[C@H]1OCc1ccccc1. The van der Waals surface area contributed by atoms with Crippen molar-refractivity contribution in [2.45, 2.75) is 109 Å². The van der Waals surface area contributed by atoms with Crippen LogP contribution in [0.1, 0.15) is 44.4 Å². The molecule has 5 rings (SSSR count). The highest BCUT2D eigenvalue weighted by Gasteiger charge is 2.53. The van der Waals surface area contributed by atoms with Gasteiger partial charge in [-0.25, -0.2) is 0 Å². The molecular formula is C42H51NO14. The van der Waals surface area contributed by atoms with Crippen molar-refractivity contribution in [3.8, 4) is 0 Å². The van der Waals surface area contributed by atoms with E-state index in [1.165, 1.54) is 34.8 Å². The van der Waals surface area contributed by atoms with Gasteiger partial charge >= 0.3 is 17.9 Å². The quantitative estimate of drug-likeness (QED) is 0.146. The van der Waals surface area contributed by atoms with E-state index in [0.717, 1.165) is 16.7 Å². The number of ether oxygens (including phenoxy) is 10. The number of hydrogen-bond donors (Lipinski definition) is 1. The summed E-state index contributed by atoms with van der Waals surface area (Å²) in [6, 6.07) is 27.7. The van der Waals surface area contributed by atoms with Crippen LogP contribution in [0.3, 0.4) is 0 Å². The van der Waals surface area contributed by atoms with Gasteiger partial charge in [-0.2, -0.15) is 0 Å². The maximum atomic E-state index is 12.6. The van der Waals surface area contributed by atoms with Crippen LogP contribution in [0.4, 0.5) is 0 Å². The first kappa shape index (κ1) is 43.4. The lowest BCUT2D eigenvalue weighted by atomic mass is 9.95. The van der Waals surface area contributed by atoms with E-state index < -0.39 is 85.2 Å². The number of carbonyl (C=O) groups is 4. The van der Waals surface area contributed by atoms with E-state index in [9.17, 15) is 19.2 Å². The zero-order valence-corrected chi connectivity index (χ0v) is 32.7. The van der Waals surface area contributed by atoms with Crippen molar-refractivity contribution in [1.82, 2.24) is 5.32 Å². The van der Waals surface area contributed by atoms with Crippen molar-refractivity contribution >= 4 is 23.8 Å². The minimum absolute atomic E-state index is 0.178. The summed E-state index contributed by atoms with van der Waals surface area (Å²) in [5.74, 6) is -2.59. The summed E-state index contributed by atoms with van der Waals surface area (Å²) in [4.78, 5) is 49.1. The summed E-state index contributed by atoms with van der Waals surface area (Å²) in [6.07, 6.45) is -9.36. The fourth-order valence-corrected chi connectivity index (χ4v) is 6.69. The third-order valence-corrected chi connectivity index (χ3v) is 9.18. The number of methoxy groups -OCH3 is 1. The Morgan fingerprint density at radius 2 is 0.982 bits per heavy atom. The number of rotatable bonds is 18. The van der Waals surface area contributed by atoms with Crippen LogP contribution in [0, 0.1) is 0 Å². The third-order valence-electron chi connectivity index (χ3n) is 9.18. The van der Waals surface area contributed by atoms with Gasteiger partial charge in [0.05, 0.1) is 26.4 Å². The van der Waals surface area contributed by atoms with Crippen molar-refractivity contribution in [2.75, 3.05) is 20.3 Å². The van der Waals surface area contributed by atoms with E-state index in [1.807, 2.05) is 91.0 Å². The van der Waals surface area contributed by atoms with Crippen LogP contribution in [0.5, 0.6) is 0 Å². The van der Waals surface area contributed by atoms with Gasteiger partial charge in [0.15, 0.2) is 24.8 Å². The molecule has 15 heteroatoms. The van der Waals surface area contributed by atoms with Crippen LogP contribution in [0.15, 0.2) is 91.0 Å². The van der Waals surface area contributed by atoms with Gasteiger partial charge in [-0.1, -0.05) is 91.0 Å². The highest BCUT2D eigenvalue weighted by Crippen LogP contribution is 2.33. The first-order chi connectivity index (χ1) is 27.5. The summed E-state index contributed by atoms with van der Waals surface area (Å²) in [5, 5.41) is 2.72. The lowest BCUT2D eigenvalue weighted by Crippen LogP contribution is -2.67. The molecule has 0 saturated carbocycles. The molecule has 0 radical (unpaired) electrons. The normalized spacial score (nSPS) is 27.2. The van der Waals surface area contributed by atoms with Gasteiger partial charge in [0.1, 0.15) is 43.2 Å². The molecule has 3 aromatic carbocycles. The molecule has 2 aliphatic rings. The zero-order valence-electron chi connectivity index (χ0n) is 32.7. The van der Waals surface area contributed by atoms with Crippen LogP contribution in [0.25, 0.3) is 0 Å². The Hall–Kier alpha value is -4.74. The summed E-state index contributed by atoms with van der Waals surface area (Å²) in [6.45, 7) is 4.80. The summed E-state index contributed by atoms with van der Waals surface area (Å²) in [5.41, 5.74) is 2.74. The van der Waals surface area contributed by atoms with Crippen LogP contribution in [-0.2, 0) is 86.4 Å². The molecule has 2 fully saturated rings. The van der Waals surface area contributed by atoms with Crippen molar-refractivity contribution in [3.05, 3.63) is 108 Å². The molecule has 1 N–H and O–H groups in total. The number of amides is 1. The Bertz CT molecular complexity index is 1710. The molecule has 2 aliphatic heterocycles. The molecule has 0 aromatic heterocycles. The van der Waals surface area contributed by atoms with Crippen molar-refractivity contribution in [3.63, 3.8) is 0 Å². The zero-order chi connectivity index (χ0) is 40.7. The second kappa shape index (κ2) is 21.7. The maximum absolute atomic E-state index is 12.6. The molecule has 308 valence electrons. The highest BCUT2D eigenvalue weighted by molar-refractivity contribution is 5.73. The van der Waals surface area contributed by atoms with Gasteiger partial charge in [-0.05, 0) is 16.7 Å². The van der Waals surface area contributed by atoms with Crippen molar-refractivity contribution in [2.24, 2.45) is 0 Å². The number of nitrogens with one attached hydrogen (secondary N) is 1. The largest absolute Gasteiger partial charge is 0.463 e. The first-order valence-electron chi connectivity index (χ1n) is 18.7. The second-order valence-electron chi connectivity index (χ2n) is 13.6. The van der Waals surface area contributed by atoms with Gasteiger partial charge in [-0.15, -0.1) is 0 Å². The van der Waals surface area contributed by atoms with Gasteiger partial charge in [0, 0.05) is 34.8 Å². The summed E-state index contributed by atoms with van der Waals surface area (Å²) in [7, 11) is 1.50. The van der Waals surface area contributed by atoms with E-state index in [4.69, 9.17) is 47.4 Å². The molecule has 0 aliphatic carbocycles. The van der Waals surface area contributed by atoms with E-state index in [0.29, 0.717) is 0 Å². The Labute approximate surface area is 332 Å². The Morgan fingerprint density at radius 1 is 0.526 bits per heavy atom. The molecule has 0 unspecified atom stereocenters. The molecule has 2 saturated heterocycles. The first-order valence-corrected chi connectivity index (χ1v) is 18.7. The second-order valence-corrected chi connectivity index (χ2v) is 13.6. The Balaban J connectivity index is 1.48. The molecular weight excluding hydrogens is 742 g/mol. The minimum atomic E-state index is -1.35. The van der Waals surface area contributed by atoms with E-state index in [2.05, 4.69) is 5.32 Å². The standard InChI is InChI=1S/C42H51NO14/c1-26(44)43-35-38(55-29(4)47)37(54-28(3)46)34(24-49-27(2)45)56-41(35)53-25-33-36(50-21-30-15-9-6-10-16-30)39(51-22-31-17-11-7-12-18-31)40(42(48-5)57-33)52-23-32-19-13-8-14-20-32/h6-20,33-42H,21-25H2,1-5H3,(H,43,44)/t33-,34-,35-,36-,37-,38-,39+,40-,41-,42+/m1/s1. The van der Waals surface area contributed by atoms with Crippen LogP contribution < -0.4 is 5.32 Å². The van der Waals surface area contributed by atoms with Crippen LogP contribution >= 0.6 is 0 Å². The number of benzene rings is 3. The molecule has 2 heterocycles. The molecule has 10 atom stereocenters. The fraction of sp³-hybridized carbons (Fsp3) is 0.476. The smallest absolute Gasteiger partial charge is 0.303 e. The van der Waals surface area contributed by atoms with E-state index in [1.54, 1.807) is 0 Å². The predicted molar refractivity (Wildman–Crippen MR) is 201 cm³/mol. The molecule has 0 bridgehead atoms. The van der Waals surface area contributed by atoms with Crippen molar-refractivity contribution in [1.29, 1.82) is 0 Å². The molecule has 0 spiro atoms. The summed E-state index contributed by atoms with van der Waals surface area (Å²) >= 11 is 0. The molecule has 15 nitrogen and oxygen atoms in total. The average Bonchev–Trinajstić information content (AvgIpc) is 3.19. The lowest BCUT2D eigenvalue weighted by Gasteiger charge is -2.47. The Kier molecular flexibility index (Phi) is 16.5. The lowest BCUT2D eigenvalue weighted by molar-refractivity contribution is -0.335. The molecule has 57 heavy (non-hydrogen) atoms. The fourth-order valence-electron chi connectivity index (χ4n) is 6.69. The maximum Gasteiger partial charge on any atom is 0.303 e. The topological polar surface area (TPSA) is 173 Å². The molecule has 1 amide bonds. The van der Waals surface area contributed by atoms with Crippen molar-refractivity contribution < 1.29 is 66.5 Å². The minimum Gasteiger partial charge on any atom is -0.463 e. The monoisotopic (exact) mass is 793 g/mol.